The average Bonchev–Trinajstić information content (AvgIpc) is 2.61. The van der Waals surface area contributed by atoms with Gasteiger partial charge in [-0.05, 0) is 57.1 Å². The van der Waals surface area contributed by atoms with Gasteiger partial charge < -0.3 is 15.4 Å². The van der Waals surface area contributed by atoms with Crippen LogP contribution < -0.4 is 15.4 Å². The summed E-state index contributed by atoms with van der Waals surface area (Å²) in [6.07, 6.45) is -3.55. The van der Waals surface area contributed by atoms with Gasteiger partial charge in [-0.2, -0.15) is 13.2 Å². The Labute approximate surface area is 156 Å². The number of alkyl halides is 3. The number of carbonyl (C=O) groups excluding carboxylic acids is 2. The summed E-state index contributed by atoms with van der Waals surface area (Å²) in [5.74, 6) is -0.482. The molecule has 0 aromatic heterocycles. The van der Waals surface area contributed by atoms with Crippen molar-refractivity contribution in [3.63, 3.8) is 0 Å². The molecule has 1 saturated heterocycles. The maximum atomic E-state index is 12.2. The summed E-state index contributed by atoms with van der Waals surface area (Å²) < 4.78 is 41.8. The second kappa shape index (κ2) is 9.59. The summed E-state index contributed by atoms with van der Waals surface area (Å²) >= 11 is 0. The summed E-state index contributed by atoms with van der Waals surface area (Å²) in [6, 6.07) is 7.04. The van der Waals surface area contributed by atoms with E-state index in [1.165, 1.54) is 0 Å². The number of anilines is 1. The summed E-state index contributed by atoms with van der Waals surface area (Å²) in [4.78, 5) is 25.8. The quantitative estimate of drug-likeness (QED) is 0.754. The van der Waals surface area contributed by atoms with Crippen LogP contribution in [0.4, 0.5) is 18.9 Å². The third kappa shape index (κ3) is 7.46. The van der Waals surface area contributed by atoms with Crippen LogP contribution in [0.1, 0.15) is 19.8 Å². The van der Waals surface area contributed by atoms with Gasteiger partial charge in [0.15, 0.2) is 0 Å². The predicted molar refractivity (Wildman–Crippen MR) is 94.5 cm³/mol. The number of halogens is 3. The van der Waals surface area contributed by atoms with E-state index in [0.29, 0.717) is 38.2 Å². The molecule has 0 unspecified atom stereocenters. The van der Waals surface area contributed by atoms with Crippen molar-refractivity contribution in [2.24, 2.45) is 5.92 Å². The molecule has 0 aliphatic carbocycles. The Bertz CT molecular complexity index is 627. The molecule has 1 heterocycles. The van der Waals surface area contributed by atoms with E-state index in [1.54, 1.807) is 24.3 Å². The Hall–Kier alpha value is -2.29. The Kier molecular flexibility index (Phi) is 7.46. The fourth-order valence-electron chi connectivity index (χ4n) is 2.89. The second-order valence-electron chi connectivity index (χ2n) is 6.39. The van der Waals surface area contributed by atoms with Crippen LogP contribution in [0.3, 0.4) is 0 Å². The highest BCUT2D eigenvalue weighted by Crippen LogP contribution is 2.19. The smallest absolute Gasteiger partial charge is 0.405 e. The van der Waals surface area contributed by atoms with E-state index in [4.69, 9.17) is 4.74 Å². The predicted octanol–water partition coefficient (Wildman–Crippen LogP) is 2.41. The van der Waals surface area contributed by atoms with Gasteiger partial charge >= 0.3 is 6.18 Å². The molecule has 6 nitrogen and oxygen atoms in total. The Morgan fingerprint density at radius 3 is 2.37 bits per heavy atom. The Morgan fingerprint density at radius 1 is 1.19 bits per heavy atom. The summed E-state index contributed by atoms with van der Waals surface area (Å²) in [5, 5.41) is 4.71. The minimum atomic E-state index is -4.41. The minimum absolute atomic E-state index is 0.171. The van der Waals surface area contributed by atoms with Gasteiger partial charge in [0, 0.05) is 11.6 Å². The monoisotopic (exact) mass is 387 g/mol. The lowest BCUT2D eigenvalue weighted by atomic mass is 9.96. The first-order valence-corrected chi connectivity index (χ1v) is 8.86. The summed E-state index contributed by atoms with van der Waals surface area (Å²) in [7, 11) is 0. The zero-order chi connectivity index (χ0) is 19.9. The Morgan fingerprint density at radius 2 is 1.81 bits per heavy atom. The van der Waals surface area contributed by atoms with Crippen molar-refractivity contribution in [3.05, 3.63) is 24.3 Å². The third-order valence-electron chi connectivity index (χ3n) is 4.24. The van der Waals surface area contributed by atoms with Crippen LogP contribution in [0.25, 0.3) is 0 Å². The van der Waals surface area contributed by atoms with Crippen molar-refractivity contribution in [1.82, 2.24) is 10.2 Å². The van der Waals surface area contributed by atoms with Gasteiger partial charge in [-0.3, -0.25) is 14.5 Å². The van der Waals surface area contributed by atoms with Gasteiger partial charge in [-0.25, -0.2) is 0 Å². The number of rotatable bonds is 7. The van der Waals surface area contributed by atoms with Crippen LogP contribution in [0.5, 0.6) is 5.75 Å². The lowest BCUT2D eigenvalue weighted by Gasteiger charge is -2.30. The molecular formula is C18H24F3N3O3. The fourth-order valence-corrected chi connectivity index (χ4v) is 2.89. The second-order valence-corrected chi connectivity index (χ2v) is 6.39. The van der Waals surface area contributed by atoms with E-state index in [1.807, 2.05) is 17.1 Å². The number of nitrogens with one attached hydrogen (secondary N) is 2. The molecule has 27 heavy (non-hydrogen) atoms. The first kappa shape index (κ1) is 21.0. The van der Waals surface area contributed by atoms with Crippen LogP contribution in [-0.2, 0) is 9.59 Å². The number of hydrogen-bond acceptors (Lipinski definition) is 4. The molecule has 0 saturated carbocycles. The highest BCUT2D eigenvalue weighted by atomic mass is 19.4. The van der Waals surface area contributed by atoms with Crippen molar-refractivity contribution in [1.29, 1.82) is 0 Å². The molecular weight excluding hydrogens is 363 g/mol. The molecule has 1 aromatic rings. The van der Waals surface area contributed by atoms with Gasteiger partial charge in [0.25, 0.3) is 0 Å². The molecule has 2 amide bonds. The van der Waals surface area contributed by atoms with E-state index in [-0.39, 0.29) is 12.5 Å². The van der Waals surface area contributed by atoms with Crippen molar-refractivity contribution in [2.45, 2.75) is 25.9 Å². The van der Waals surface area contributed by atoms with Crippen LogP contribution in [0.2, 0.25) is 0 Å². The summed E-state index contributed by atoms with van der Waals surface area (Å²) in [5.41, 5.74) is 0.657. The van der Waals surface area contributed by atoms with Crippen molar-refractivity contribution in [2.75, 3.05) is 38.1 Å². The van der Waals surface area contributed by atoms with Crippen LogP contribution in [0.15, 0.2) is 24.3 Å². The Balaban J connectivity index is 1.71. The maximum absolute atomic E-state index is 12.2. The summed E-state index contributed by atoms with van der Waals surface area (Å²) in [6.45, 7) is 2.29. The molecule has 1 fully saturated rings. The normalized spacial score (nSPS) is 16.0. The number of benzene rings is 1. The highest BCUT2D eigenvalue weighted by Gasteiger charge is 2.31. The van der Waals surface area contributed by atoms with Crippen molar-refractivity contribution >= 4 is 17.5 Å². The van der Waals surface area contributed by atoms with Gasteiger partial charge in [-0.15, -0.1) is 0 Å². The highest BCUT2D eigenvalue weighted by molar-refractivity contribution is 5.92. The van der Waals surface area contributed by atoms with E-state index < -0.39 is 24.5 Å². The van der Waals surface area contributed by atoms with Gasteiger partial charge in [0.1, 0.15) is 12.3 Å². The molecule has 1 aliphatic rings. The zero-order valence-corrected chi connectivity index (χ0v) is 15.1. The first-order chi connectivity index (χ1) is 12.8. The number of piperidine rings is 1. The number of carbonyl (C=O) groups is 2. The van der Waals surface area contributed by atoms with E-state index in [9.17, 15) is 22.8 Å². The van der Waals surface area contributed by atoms with Crippen LogP contribution in [-0.4, -0.2) is 55.7 Å². The standard InChI is InChI=1S/C18H24F3N3O3/c1-2-27-15-5-3-14(4-6-15)23-16(25)11-24-9-7-13(8-10-24)17(26)22-12-18(19,20)21/h3-6,13H,2,7-12H2,1H3,(H,22,26)(H,23,25). The van der Waals surface area contributed by atoms with Gasteiger partial charge in [0.2, 0.25) is 11.8 Å². The molecule has 9 heteroatoms. The number of likely N-dealkylation sites (tertiary alicyclic amines) is 1. The molecule has 0 spiro atoms. The van der Waals surface area contributed by atoms with E-state index in [0.717, 1.165) is 5.75 Å². The van der Waals surface area contributed by atoms with Crippen LogP contribution in [0, 0.1) is 5.92 Å². The van der Waals surface area contributed by atoms with E-state index >= 15 is 0 Å². The molecule has 1 aromatic carbocycles. The molecule has 0 atom stereocenters. The molecule has 150 valence electrons. The lowest BCUT2D eigenvalue weighted by molar-refractivity contribution is -0.141. The van der Waals surface area contributed by atoms with Gasteiger partial charge in [-0.1, -0.05) is 0 Å². The first-order valence-electron chi connectivity index (χ1n) is 8.86. The van der Waals surface area contributed by atoms with E-state index in [2.05, 4.69) is 5.32 Å². The van der Waals surface area contributed by atoms with Crippen molar-refractivity contribution in [3.8, 4) is 5.75 Å². The molecule has 1 aliphatic heterocycles. The number of amides is 2. The number of ether oxygens (including phenoxy) is 1. The molecule has 0 radical (unpaired) electrons. The maximum Gasteiger partial charge on any atom is 0.405 e. The third-order valence-corrected chi connectivity index (χ3v) is 4.24. The molecule has 2 rings (SSSR count). The topological polar surface area (TPSA) is 70.7 Å². The van der Waals surface area contributed by atoms with Crippen molar-refractivity contribution < 1.29 is 27.5 Å². The lowest BCUT2D eigenvalue weighted by Crippen LogP contribution is -2.44. The average molecular weight is 387 g/mol. The molecule has 2 N–H and O–H groups in total. The zero-order valence-electron chi connectivity index (χ0n) is 15.1. The van der Waals surface area contributed by atoms with Gasteiger partial charge in [0.05, 0.1) is 13.2 Å². The SMILES string of the molecule is CCOc1ccc(NC(=O)CN2CCC(C(=O)NCC(F)(F)F)CC2)cc1. The number of hydrogen-bond donors (Lipinski definition) is 2. The fraction of sp³-hybridized carbons (Fsp3) is 0.556. The largest absolute Gasteiger partial charge is 0.494 e. The van der Waals surface area contributed by atoms with Crippen LogP contribution >= 0.6 is 0 Å². The molecule has 0 bridgehead atoms. The number of nitrogens with zero attached hydrogens (tertiary/aromatic N) is 1. The minimum Gasteiger partial charge on any atom is -0.494 e.